The van der Waals surface area contributed by atoms with E-state index in [2.05, 4.69) is 42.5 Å². The van der Waals surface area contributed by atoms with Crippen molar-refractivity contribution in [2.45, 2.75) is 20.5 Å². The SMILES string of the molecule is Cc1ccc(CO/N=C2\CNCC2CN)cc1C. The fourth-order valence-corrected chi connectivity index (χ4v) is 2.05. The molecule has 1 heterocycles. The molecule has 1 fully saturated rings. The first-order chi connectivity index (χ1) is 8.70. The first-order valence-corrected chi connectivity index (χ1v) is 6.36. The van der Waals surface area contributed by atoms with Gasteiger partial charge in [0, 0.05) is 25.6 Å². The summed E-state index contributed by atoms with van der Waals surface area (Å²) < 4.78 is 0. The Labute approximate surface area is 108 Å². The second-order valence-electron chi connectivity index (χ2n) is 4.84. The highest BCUT2D eigenvalue weighted by atomic mass is 16.6. The van der Waals surface area contributed by atoms with Crippen molar-refractivity contribution in [1.82, 2.24) is 5.32 Å². The third kappa shape index (κ3) is 3.09. The Morgan fingerprint density at radius 3 is 2.94 bits per heavy atom. The second kappa shape index (κ2) is 5.98. The lowest BCUT2D eigenvalue weighted by molar-refractivity contribution is 0.129. The predicted molar refractivity (Wildman–Crippen MR) is 73.6 cm³/mol. The molecule has 0 radical (unpaired) electrons. The van der Waals surface area contributed by atoms with Gasteiger partial charge in [0.2, 0.25) is 0 Å². The number of nitrogens with two attached hydrogens (primary N) is 1. The van der Waals surface area contributed by atoms with E-state index >= 15 is 0 Å². The van der Waals surface area contributed by atoms with Crippen LogP contribution in [0.25, 0.3) is 0 Å². The normalized spacial score (nSPS) is 21.5. The molecule has 0 aliphatic carbocycles. The molecule has 18 heavy (non-hydrogen) atoms. The van der Waals surface area contributed by atoms with Gasteiger partial charge in [0.1, 0.15) is 6.61 Å². The Morgan fingerprint density at radius 1 is 1.39 bits per heavy atom. The fraction of sp³-hybridized carbons (Fsp3) is 0.500. The molecule has 1 aromatic rings. The first kappa shape index (κ1) is 13.1. The van der Waals surface area contributed by atoms with Crippen LogP contribution in [-0.4, -0.2) is 25.3 Å². The van der Waals surface area contributed by atoms with Gasteiger partial charge >= 0.3 is 0 Å². The van der Waals surface area contributed by atoms with Crippen LogP contribution in [0.3, 0.4) is 0 Å². The van der Waals surface area contributed by atoms with Crippen LogP contribution in [0.5, 0.6) is 0 Å². The molecule has 1 aliphatic rings. The molecule has 1 unspecified atom stereocenters. The first-order valence-electron chi connectivity index (χ1n) is 6.36. The summed E-state index contributed by atoms with van der Waals surface area (Å²) in [4.78, 5) is 5.42. The van der Waals surface area contributed by atoms with Crippen molar-refractivity contribution < 1.29 is 4.84 Å². The lowest BCUT2D eigenvalue weighted by Gasteiger charge is -2.07. The average molecular weight is 247 g/mol. The van der Waals surface area contributed by atoms with Gasteiger partial charge in [0.05, 0.1) is 5.71 Å². The number of hydrogen-bond acceptors (Lipinski definition) is 4. The van der Waals surface area contributed by atoms with Crippen LogP contribution in [-0.2, 0) is 11.4 Å². The van der Waals surface area contributed by atoms with Crippen LogP contribution in [0, 0.1) is 19.8 Å². The predicted octanol–water partition coefficient (Wildman–Crippen LogP) is 1.35. The maximum absolute atomic E-state index is 5.67. The summed E-state index contributed by atoms with van der Waals surface area (Å²) in [6.45, 7) is 7.05. The highest BCUT2D eigenvalue weighted by molar-refractivity contribution is 5.90. The summed E-state index contributed by atoms with van der Waals surface area (Å²) in [6, 6.07) is 6.33. The third-order valence-corrected chi connectivity index (χ3v) is 3.44. The van der Waals surface area contributed by atoms with Gasteiger partial charge in [-0.3, -0.25) is 0 Å². The van der Waals surface area contributed by atoms with Crippen LogP contribution in [0.1, 0.15) is 16.7 Å². The molecule has 4 heteroatoms. The highest BCUT2D eigenvalue weighted by Crippen LogP contribution is 2.11. The van der Waals surface area contributed by atoms with Crippen molar-refractivity contribution in [2.24, 2.45) is 16.8 Å². The number of rotatable bonds is 4. The van der Waals surface area contributed by atoms with E-state index in [9.17, 15) is 0 Å². The lowest BCUT2D eigenvalue weighted by atomic mass is 10.1. The van der Waals surface area contributed by atoms with Gasteiger partial charge < -0.3 is 15.9 Å². The molecule has 4 nitrogen and oxygen atoms in total. The van der Waals surface area contributed by atoms with E-state index < -0.39 is 0 Å². The third-order valence-electron chi connectivity index (χ3n) is 3.44. The number of hydrogen-bond donors (Lipinski definition) is 2. The molecule has 3 N–H and O–H groups in total. The standard InChI is InChI=1S/C14H21N3O/c1-10-3-4-12(5-11(10)2)9-18-17-14-8-16-7-13(14)6-15/h3-5,13,16H,6-9,15H2,1-2H3/b17-14+. The fourth-order valence-electron chi connectivity index (χ4n) is 2.05. The molecule has 0 aromatic heterocycles. The molecule has 1 aromatic carbocycles. The molecule has 1 atom stereocenters. The minimum Gasteiger partial charge on any atom is -0.391 e. The molecule has 0 spiro atoms. The van der Waals surface area contributed by atoms with Crippen LogP contribution in [0.4, 0.5) is 0 Å². The van der Waals surface area contributed by atoms with Crippen molar-refractivity contribution in [3.63, 3.8) is 0 Å². The summed E-state index contributed by atoms with van der Waals surface area (Å²) in [7, 11) is 0. The Balaban J connectivity index is 1.91. The smallest absolute Gasteiger partial charge is 0.142 e. The Kier molecular flexibility index (Phi) is 4.33. The zero-order chi connectivity index (χ0) is 13.0. The van der Waals surface area contributed by atoms with Gasteiger partial charge in [0.15, 0.2) is 0 Å². The lowest BCUT2D eigenvalue weighted by Crippen LogP contribution is -2.22. The maximum atomic E-state index is 5.67. The second-order valence-corrected chi connectivity index (χ2v) is 4.84. The number of oxime groups is 1. The summed E-state index contributed by atoms with van der Waals surface area (Å²) in [5.74, 6) is 0.324. The Bertz CT molecular complexity index is 443. The molecular formula is C14H21N3O. The van der Waals surface area contributed by atoms with Crippen molar-refractivity contribution in [2.75, 3.05) is 19.6 Å². The van der Waals surface area contributed by atoms with E-state index in [4.69, 9.17) is 10.6 Å². The van der Waals surface area contributed by atoms with Crippen molar-refractivity contribution in [3.05, 3.63) is 34.9 Å². The summed E-state index contributed by atoms with van der Waals surface area (Å²) >= 11 is 0. The number of nitrogens with zero attached hydrogens (tertiary/aromatic N) is 1. The topological polar surface area (TPSA) is 59.6 Å². The van der Waals surface area contributed by atoms with Gasteiger partial charge in [-0.25, -0.2) is 0 Å². The summed E-state index contributed by atoms with van der Waals surface area (Å²) in [5.41, 5.74) is 10.4. The molecule has 2 rings (SSSR count). The summed E-state index contributed by atoms with van der Waals surface area (Å²) in [6.07, 6.45) is 0. The van der Waals surface area contributed by atoms with Gasteiger partial charge in [-0.1, -0.05) is 23.4 Å². The van der Waals surface area contributed by atoms with E-state index in [1.165, 1.54) is 11.1 Å². The molecule has 98 valence electrons. The molecule has 0 saturated carbocycles. The maximum Gasteiger partial charge on any atom is 0.142 e. The monoisotopic (exact) mass is 247 g/mol. The van der Waals surface area contributed by atoms with Gasteiger partial charge in [-0.2, -0.15) is 0 Å². The van der Waals surface area contributed by atoms with Crippen LogP contribution >= 0.6 is 0 Å². The van der Waals surface area contributed by atoms with E-state index in [0.29, 0.717) is 19.1 Å². The van der Waals surface area contributed by atoms with Gasteiger partial charge in [0.25, 0.3) is 0 Å². The molecular weight excluding hydrogens is 226 g/mol. The number of benzene rings is 1. The number of aryl methyl sites for hydroxylation is 2. The zero-order valence-electron chi connectivity index (χ0n) is 11.1. The quantitative estimate of drug-likeness (QED) is 0.790. The van der Waals surface area contributed by atoms with E-state index in [-0.39, 0.29) is 0 Å². The van der Waals surface area contributed by atoms with Crippen molar-refractivity contribution >= 4 is 5.71 Å². The molecule has 0 bridgehead atoms. The van der Waals surface area contributed by atoms with Gasteiger partial charge in [-0.05, 0) is 30.5 Å². The Morgan fingerprint density at radius 2 is 2.22 bits per heavy atom. The van der Waals surface area contributed by atoms with Crippen LogP contribution in [0.15, 0.2) is 23.4 Å². The zero-order valence-corrected chi connectivity index (χ0v) is 11.1. The van der Waals surface area contributed by atoms with Crippen LogP contribution in [0.2, 0.25) is 0 Å². The van der Waals surface area contributed by atoms with E-state index in [1.807, 2.05) is 0 Å². The van der Waals surface area contributed by atoms with Crippen LogP contribution < -0.4 is 11.1 Å². The highest BCUT2D eigenvalue weighted by Gasteiger charge is 2.21. The minimum atomic E-state index is 0.324. The van der Waals surface area contributed by atoms with Crippen molar-refractivity contribution in [3.8, 4) is 0 Å². The van der Waals surface area contributed by atoms with E-state index in [0.717, 1.165) is 24.4 Å². The summed E-state index contributed by atoms with van der Waals surface area (Å²) in [5, 5.41) is 7.44. The molecule has 0 amide bonds. The molecule has 1 aliphatic heterocycles. The largest absolute Gasteiger partial charge is 0.391 e. The van der Waals surface area contributed by atoms with Gasteiger partial charge in [-0.15, -0.1) is 0 Å². The number of nitrogens with one attached hydrogen (secondary N) is 1. The molecule has 1 saturated heterocycles. The average Bonchev–Trinajstić information content (AvgIpc) is 2.81. The Hall–Kier alpha value is -1.39. The minimum absolute atomic E-state index is 0.324. The van der Waals surface area contributed by atoms with E-state index in [1.54, 1.807) is 0 Å². The van der Waals surface area contributed by atoms with Crippen molar-refractivity contribution in [1.29, 1.82) is 0 Å².